The molecule has 8 atom stereocenters. The van der Waals surface area contributed by atoms with Crippen molar-refractivity contribution in [2.75, 3.05) is 0 Å². The molecule has 1 aromatic heterocycles. The smallest absolute Gasteiger partial charge is 0.0618 e. The van der Waals surface area contributed by atoms with Crippen molar-refractivity contribution in [2.24, 2.45) is 17.8 Å². The van der Waals surface area contributed by atoms with Crippen LogP contribution in [0.4, 0.5) is 0 Å². The Morgan fingerprint density at radius 2 is 1.53 bits per heavy atom. The second-order valence-corrected chi connectivity index (χ2v) is 17.2. The van der Waals surface area contributed by atoms with Crippen molar-refractivity contribution in [3.63, 3.8) is 0 Å². The van der Waals surface area contributed by atoms with Crippen molar-refractivity contribution in [1.82, 2.24) is 10.6 Å². The van der Waals surface area contributed by atoms with Crippen LogP contribution in [0.5, 0.6) is 0 Å². The Bertz CT molecular complexity index is 2560. The maximum atomic E-state index is 5.59. The van der Waals surface area contributed by atoms with Gasteiger partial charge in [-0.2, -0.15) is 0 Å². The molecule has 0 radical (unpaired) electrons. The number of benzene rings is 3. The maximum Gasteiger partial charge on any atom is 0.0618 e. The molecule has 2 heterocycles. The number of hydrogen-bond donors (Lipinski definition) is 2. The van der Waals surface area contributed by atoms with E-state index in [4.69, 9.17) is 5.32 Å². The molecule has 11 rings (SSSR count). The van der Waals surface area contributed by atoms with Gasteiger partial charge < -0.3 is 16.0 Å². The van der Waals surface area contributed by atoms with Gasteiger partial charge in [0, 0.05) is 38.8 Å². The average Bonchev–Trinajstić information content (AvgIpc) is 3.64. The van der Waals surface area contributed by atoms with Gasteiger partial charge in [0.25, 0.3) is 0 Å². The fourth-order valence-corrected chi connectivity index (χ4v) is 11.5. The first-order valence-electron chi connectivity index (χ1n) is 20.4. The van der Waals surface area contributed by atoms with Gasteiger partial charge in [0.1, 0.15) is 0 Å². The Balaban J connectivity index is 1.03. The highest BCUT2D eigenvalue weighted by Crippen LogP contribution is 2.52. The van der Waals surface area contributed by atoms with Gasteiger partial charge in [0.15, 0.2) is 0 Å². The monoisotopic (exact) mass is 732 g/mol. The predicted octanol–water partition coefficient (Wildman–Crippen LogP) is 10.8. The van der Waals surface area contributed by atoms with E-state index in [9.17, 15) is 0 Å². The van der Waals surface area contributed by atoms with E-state index in [0.29, 0.717) is 29.6 Å². The first-order chi connectivity index (χ1) is 27.2. The third-order valence-electron chi connectivity index (χ3n) is 13.0. The molecular formula is C51H46N3S-. The number of allylic oxidation sites excluding steroid dienone is 15. The van der Waals surface area contributed by atoms with E-state index in [1.54, 1.807) is 5.57 Å². The molecule has 1 fully saturated rings. The van der Waals surface area contributed by atoms with E-state index in [1.165, 1.54) is 58.8 Å². The van der Waals surface area contributed by atoms with E-state index in [0.717, 1.165) is 32.1 Å². The van der Waals surface area contributed by atoms with Crippen molar-refractivity contribution < 1.29 is 0 Å². The molecule has 4 heteroatoms. The van der Waals surface area contributed by atoms with Crippen molar-refractivity contribution in [3.05, 3.63) is 200 Å². The third-order valence-corrected chi connectivity index (χ3v) is 14.2. The van der Waals surface area contributed by atoms with E-state index in [2.05, 4.69) is 169 Å². The van der Waals surface area contributed by atoms with Crippen molar-refractivity contribution in [3.8, 4) is 0 Å². The Morgan fingerprint density at radius 3 is 2.38 bits per heavy atom. The van der Waals surface area contributed by atoms with Gasteiger partial charge in [-0.25, -0.2) is 0 Å². The summed E-state index contributed by atoms with van der Waals surface area (Å²) >= 11 is 1.94. The zero-order valence-corrected chi connectivity index (χ0v) is 31.8. The summed E-state index contributed by atoms with van der Waals surface area (Å²) in [4.78, 5) is 0. The van der Waals surface area contributed by atoms with Crippen LogP contribution in [0.3, 0.4) is 0 Å². The van der Waals surface area contributed by atoms with Crippen LogP contribution in [0.15, 0.2) is 157 Å². The normalized spacial score (nSPS) is 30.2. The van der Waals surface area contributed by atoms with Gasteiger partial charge in [0.05, 0.1) is 6.17 Å². The van der Waals surface area contributed by atoms with E-state index >= 15 is 0 Å². The summed E-state index contributed by atoms with van der Waals surface area (Å²) in [5, 5.41) is 16.4. The van der Waals surface area contributed by atoms with Crippen LogP contribution in [-0.4, -0.2) is 6.17 Å². The van der Waals surface area contributed by atoms with Gasteiger partial charge in [0.2, 0.25) is 0 Å². The van der Waals surface area contributed by atoms with Gasteiger partial charge in [-0.15, -0.1) is 11.3 Å². The van der Waals surface area contributed by atoms with Crippen LogP contribution < -0.4 is 20.4 Å². The quantitative estimate of drug-likeness (QED) is 0.214. The highest BCUT2D eigenvalue weighted by molar-refractivity contribution is 7.17. The standard InChI is InChI=1S/C51H46N3S/c1-3-13-32(14-4-1)33-23-25-35(26-24-33)50-52-49(34-15-5-2-6-16-34)53-51(54-50)37-29-44(36-27-28-42-41-20-11-12-22-46(41)55-47(42)31-36)48-43-21-10-9-18-39(43)38-17-7-8-19-40(38)45(48)30-37/h1-6,8-13,15-16,18-25,28-32,35-36,39,43,49-52,54H,7,14,17,26-27H2/q-1. The van der Waals surface area contributed by atoms with E-state index in [-0.39, 0.29) is 18.5 Å². The predicted molar refractivity (Wildman–Crippen MR) is 231 cm³/mol. The molecule has 272 valence electrons. The van der Waals surface area contributed by atoms with Crippen LogP contribution in [0.2, 0.25) is 0 Å². The number of nitrogens with zero attached hydrogens (tertiary/aromatic N) is 1. The molecule has 55 heavy (non-hydrogen) atoms. The summed E-state index contributed by atoms with van der Waals surface area (Å²) in [7, 11) is 0. The first-order valence-corrected chi connectivity index (χ1v) is 21.2. The van der Waals surface area contributed by atoms with E-state index < -0.39 is 0 Å². The number of thiophene rings is 1. The summed E-state index contributed by atoms with van der Waals surface area (Å²) in [5.74, 6) is 1.84. The zero-order chi connectivity index (χ0) is 36.3. The fourth-order valence-electron chi connectivity index (χ4n) is 10.3. The van der Waals surface area contributed by atoms with Gasteiger partial charge in [-0.05, 0) is 76.6 Å². The lowest BCUT2D eigenvalue weighted by Gasteiger charge is -2.52. The van der Waals surface area contributed by atoms with E-state index in [1.807, 2.05) is 11.3 Å². The van der Waals surface area contributed by atoms with Crippen LogP contribution in [-0.2, 0) is 0 Å². The maximum absolute atomic E-state index is 5.59. The number of fused-ring (bicyclic) bond motifs is 8. The minimum Gasteiger partial charge on any atom is -0.624 e. The minimum absolute atomic E-state index is 0.0684. The Labute approximate surface area is 328 Å². The SMILES string of the molecule is C1=CCC(C2=CCC(C3NC(c4ccccc4)[N-]C(c4cc5c(c(C6C=c7sc8ccccc8c7=CC6)c4)C4C=CC=CC4C4=C5C=CCC4)N3)C=C2)C=C1. The summed E-state index contributed by atoms with van der Waals surface area (Å²) in [5.41, 5.74) is 11.4. The lowest BCUT2D eigenvalue weighted by Crippen LogP contribution is -2.54. The van der Waals surface area contributed by atoms with Crippen molar-refractivity contribution in [1.29, 1.82) is 0 Å². The summed E-state index contributed by atoms with van der Waals surface area (Å²) in [6, 6.07) is 24.8. The van der Waals surface area contributed by atoms with Crippen LogP contribution in [0.25, 0.3) is 33.1 Å². The number of hydrogen-bond acceptors (Lipinski definition) is 3. The average molecular weight is 733 g/mol. The largest absolute Gasteiger partial charge is 0.624 e. The van der Waals surface area contributed by atoms with Crippen molar-refractivity contribution in [2.45, 2.75) is 62.4 Å². The topological polar surface area (TPSA) is 38.2 Å². The van der Waals surface area contributed by atoms with Gasteiger partial charge in [-0.3, -0.25) is 0 Å². The highest BCUT2D eigenvalue weighted by Gasteiger charge is 2.37. The lowest BCUT2D eigenvalue weighted by molar-refractivity contribution is 0.256. The third kappa shape index (κ3) is 5.98. The molecule has 7 aliphatic rings. The molecule has 3 nitrogen and oxygen atoms in total. The molecule has 1 aliphatic heterocycles. The lowest BCUT2D eigenvalue weighted by atomic mass is 9.65. The molecule has 1 saturated heterocycles. The minimum atomic E-state index is -0.158. The van der Waals surface area contributed by atoms with Crippen molar-refractivity contribution >= 4 is 39.1 Å². The second-order valence-electron chi connectivity index (χ2n) is 16.2. The summed E-state index contributed by atoms with van der Waals surface area (Å²) in [6.45, 7) is 0. The van der Waals surface area contributed by atoms with Crippen LogP contribution >= 0.6 is 11.3 Å². The van der Waals surface area contributed by atoms with Gasteiger partial charge in [-0.1, -0.05) is 181 Å². The molecule has 8 unspecified atom stereocenters. The Morgan fingerprint density at radius 1 is 0.691 bits per heavy atom. The molecule has 2 N–H and O–H groups in total. The fraction of sp³-hybridized carbons (Fsp3) is 0.255. The molecule has 6 aliphatic carbocycles. The molecule has 3 aromatic carbocycles. The molecule has 4 aromatic rings. The molecule has 0 bridgehead atoms. The summed E-state index contributed by atoms with van der Waals surface area (Å²) < 4.78 is 2.78. The molecule has 0 spiro atoms. The highest BCUT2D eigenvalue weighted by atomic mass is 32.1. The van der Waals surface area contributed by atoms with Gasteiger partial charge >= 0.3 is 0 Å². The zero-order valence-electron chi connectivity index (χ0n) is 31.0. The molecular weight excluding hydrogens is 687 g/mol. The first kappa shape index (κ1) is 33.5. The van der Waals surface area contributed by atoms with Crippen LogP contribution in [0.1, 0.15) is 84.1 Å². The van der Waals surface area contributed by atoms with Crippen LogP contribution in [0, 0.1) is 17.8 Å². The second kappa shape index (κ2) is 14.0. The Kier molecular flexibility index (Phi) is 8.54. The number of nitrogens with one attached hydrogen (secondary N) is 2. The Hall–Kier alpha value is -4.84. The summed E-state index contributed by atoms with van der Waals surface area (Å²) in [6.07, 6.45) is 40.9. The molecule has 0 saturated carbocycles. The number of rotatable bonds is 5. The molecule has 0 amide bonds.